The molecule has 2 heterocycles. The second-order valence-corrected chi connectivity index (χ2v) is 6.56. The van der Waals surface area contributed by atoms with E-state index in [0.29, 0.717) is 16.6 Å². The van der Waals surface area contributed by atoms with E-state index in [-0.39, 0.29) is 23.9 Å². The van der Waals surface area contributed by atoms with Crippen molar-refractivity contribution in [2.45, 2.75) is 51.7 Å². The Morgan fingerprint density at radius 2 is 2.33 bits per heavy atom. The van der Waals surface area contributed by atoms with Crippen LogP contribution in [0.3, 0.4) is 0 Å². The number of nitrogens with two attached hydrogens (primary N) is 1. The Hall–Kier alpha value is -1.34. The lowest BCUT2D eigenvalue weighted by atomic mass is 10.1. The van der Waals surface area contributed by atoms with E-state index in [9.17, 15) is 4.79 Å². The maximum Gasteiger partial charge on any atom is 0.265 e. The predicted octanol–water partition coefficient (Wildman–Crippen LogP) is 2.23. The first-order valence-corrected chi connectivity index (χ1v) is 8.30. The minimum absolute atomic E-state index is 0.155. The maximum absolute atomic E-state index is 12.1. The molecule has 4 N–H and O–H groups in total. The summed E-state index contributed by atoms with van der Waals surface area (Å²) in [4.78, 5) is 16.8. The number of thiazole rings is 1. The van der Waals surface area contributed by atoms with Crippen LogP contribution in [0.15, 0.2) is 0 Å². The largest absolute Gasteiger partial charge is 0.382 e. The minimum atomic E-state index is -0.155. The normalized spacial score (nSPS) is 18.7. The van der Waals surface area contributed by atoms with Gasteiger partial charge in [-0.3, -0.25) is 4.79 Å². The van der Waals surface area contributed by atoms with Crippen LogP contribution in [0.25, 0.3) is 0 Å². The van der Waals surface area contributed by atoms with Gasteiger partial charge in [0.25, 0.3) is 5.91 Å². The molecule has 1 fully saturated rings. The number of anilines is 2. The number of amides is 1. The quantitative estimate of drug-likeness (QED) is 0.749. The molecule has 1 saturated heterocycles. The summed E-state index contributed by atoms with van der Waals surface area (Å²) >= 11 is 1.29. The number of carbonyl (C=O) groups is 1. The average molecular weight is 312 g/mol. The van der Waals surface area contributed by atoms with Gasteiger partial charge in [-0.15, -0.1) is 0 Å². The van der Waals surface area contributed by atoms with E-state index in [4.69, 9.17) is 10.5 Å². The zero-order valence-electron chi connectivity index (χ0n) is 12.6. The molecule has 6 nitrogen and oxygen atoms in total. The number of hydrogen-bond acceptors (Lipinski definition) is 6. The molecule has 1 aliphatic heterocycles. The molecule has 1 aliphatic rings. The van der Waals surface area contributed by atoms with E-state index < -0.39 is 0 Å². The number of hydrogen-bond donors (Lipinski definition) is 3. The summed E-state index contributed by atoms with van der Waals surface area (Å²) in [6.45, 7) is 5.47. The number of nitrogen functional groups attached to an aromatic ring is 1. The molecule has 0 spiro atoms. The van der Waals surface area contributed by atoms with E-state index in [2.05, 4.69) is 15.6 Å². The van der Waals surface area contributed by atoms with Crippen molar-refractivity contribution in [3.05, 3.63) is 4.88 Å². The fourth-order valence-corrected chi connectivity index (χ4v) is 3.21. The van der Waals surface area contributed by atoms with Crippen molar-refractivity contribution in [1.29, 1.82) is 0 Å². The van der Waals surface area contributed by atoms with E-state index in [1.807, 2.05) is 13.8 Å². The molecule has 118 valence electrons. The summed E-state index contributed by atoms with van der Waals surface area (Å²) in [6, 6.07) is 0.259. The topological polar surface area (TPSA) is 89.3 Å². The van der Waals surface area contributed by atoms with Crippen LogP contribution in [0.4, 0.5) is 10.9 Å². The van der Waals surface area contributed by atoms with Gasteiger partial charge in [0, 0.05) is 19.2 Å². The number of ether oxygens (including phenoxy) is 1. The van der Waals surface area contributed by atoms with Crippen molar-refractivity contribution in [3.8, 4) is 0 Å². The molecule has 1 aromatic rings. The highest BCUT2D eigenvalue weighted by molar-refractivity contribution is 7.18. The summed E-state index contributed by atoms with van der Waals surface area (Å²) in [5.74, 6) is 0.132. The van der Waals surface area contributed by atoms with Crippen molar-refractivity contribution in [1.82, 2.24) is 10.3 Å². The summed E-state index contributed by atoms with van der Waals surface area (Å²) in [5, 5.41) is 6.74. The van der Waals surface area contributed by atoms with Crippen LogP contribution in [-0.4, -0.2) is 36.2 Å². The fraction of sp³-hybridized carbons (Fsp3) is 0.714. The van der Waals surface area contributed by atoms with Gasteiger partial charge in [-0.1, -0.05) is 11.3 Å². The van der Waals surface area contributed by atoms with Gasteiger partial charge in [-0.05, 0) is 39.5 Å². The Kier molecular flexibility index (Phi) is 5.81. The van der Waals surface area contributed by atoms with E-state index in [1.165, 1.54) is 17.8 Å². The standard InChI is InChI=1S/C14H24N4O2S/c1-9(2)17-14-18-12(15)11(21-14)13(19)16-7-6-10-5-3-4-8-20-10/h9-10H,3-8,15H2,1-2H3,(H,16,19)(H,17,18). The summed E-state index contributed by atoms with van der Waals surface area (Å²) in [6.07, 6.45) is 4.56. The van der Waals surface area contributed by atoms with Crippen molar-refractivity contribution in [2.24, 2.45) is 0 Å². The summed E-state index contributed by atoms with van der Waals surface area (Å²) in [5.41, 5.74) is 5.81. The van der Waals surface area contributed by atoms with Crippen molar-refractivity contribution in [3.63, 3.8) is 0 Å². The van der Waals surface area contributed by atoms with Gasteiger partial charge in [-0.2, -0.15) is 0 Å². The van der Waals surface area contributed by atoms with Gasteiger partial charge in [0.05, 0.1) is 6.10 Å². The molecule has 1 unspecified atom stereocenters. The number of aromatic nitrogens is 1. The minimum Gasteiger partial charge on any atom is -0.382 e. The molecule has 0 bridgehead atoms. The number of carbonyl (C=O) groups excluding carboxylic acids is 1. The summed E-state index contributed by atoms with van der Waals surface area (Å²) in [7, 11) is 0. The zero-order chi connectivity index (χ0) is 15.2. The van der Waals surface area contributed by atoms with Gasteiger partial charge >= 0.3 is 0 Å². The third kappa shape index (κ3) is 4.86. The monoisotopic (exact) mass is 312 g/mol. The Labute approximate surface area is 129 Å². The SMILES string of the molecule is CC(C)Nc1nc(N)c(C(=O)NCCC2CCCCO2)s1. The first-order chi connectivity index (χ1) is 10.1. The van der Waals surface area contributed by atoms with Crippen LogP contribution >= 0.6 is 11.3 Å². The highest BCUT2D eigenvalue weighted by atomic mass is 32.1. The third-order valence-corrected chi connectivity index (χ3v) is 4.30. The lowest BCUT2D eigenvalue weighted by molar-refractivity contribution is 0.0117. The molecule has 1 amide bonds. The molecule has 0 radical (unpaired) electrons. The molecule has 7 heteroatoms. The molecule has 0 saturated carbocycles. The highest BCUT2D eigenvalue weighted by Crippen LogP contribution is 2.25. The average Bonchev–Trinajstić information content (AvgIpc) is 2.80. The van der Waals surface area contributed by atoms with Gasteiger partial charge in [0.1, 0.15) is 10.7 Å². The van der Waals surface area contributed by atoms with Crippen molar-refractivity contribution >= 4 is 28.2 Å². The van der Waals surface area contributed by atoms with E-state index >= 15 is 0 Å². The molecule has 21 heavy (non-hydrogen) atoms. The Bertz CT molecular complexity index is 470. The third-order valence-electron chi connectivity index (χ3n) is 3.30. The molecule has 1 atom stereocenters. The molecule has 0 aromatic carbocycles. The Morgan fingerprint density at radius 3 is 3.00 bits per heavy atom. The molecule has 2 rings (SSSR count). The van der Waals surface area contributed by atoms with Crippen molar-refractivity contribution < 1.29 is 9.53 Å². The van der Waals surface area contributed by atoms with Crippen LogP contribution in [-0.2, 0) is 4.74 Å². The lowest BCUT2D eigenvalue weighted by Crippen LogP contribution is -2.29. The van der Waals surface area contributed by atoms with Crippen LogP contribution in [0.2, 0.25) is 0 Å². The second-order valence-electron chi connectivity index (χ2n) is 5.57. The summed E-state index contributed by atoms with van der Waals surface area (Å²) < 4.78 is 5.64. The number of nitrogens with zero attached hydrogens (tertiary/aromatic N) is 1. The van der Waals surface area contributed by atoms with Crippen LogP contribution < -0.4 is 16.4 Å². The van der Waals surface area contributed by atoms with Gasteiger partial charge in [0.2, 0.25) is 0 Å². The molecular formula is C14H24N4O2S. The van der Waals surface area contributed by atoms with Crippen LogP contribution in [0.5, 0.6) is 0 Å². The van der Waals surface area contributed by atoms with Crippen LogP contribution in [0.1, 0.15) is 49.2 Å². The Balaban J connectivity index is 1.81. The Morgan fingerprint density at radius 1 is 1.52 bits per heavy atom. The highest BCUT2D eigenvalue weighted by Gasteiger charge is 2.18. The van der Waals surface area contributed by atoms with Gasteiger partial charge in [0.15, 0.2) is 5.13 Å². The molecular weight excluding hydrogens is 288 g/mol. The zero-order valence-corrected chi connectivity index (χ0v) is 13.5. The van der Waals surface area contributed by atoms with E-state index in [0.717, 1.165) is 25.9 Å². The molecule has 0 aliphatic carbocycles. The van der Waals surface area contributed by atoms with Gasteiger partial charge < -0.3 is 21.1 Å². The van der Waals surface area contributed by atoms with Crippen molar-refractivity contribution in [2.75, 3.05) is 24.2 Å². The van der Waals surface area contributed by atoms with Gasteiger partial charge in [-0.25, -0.2) is 4.98 Å². The fourth-order valence-electron chi connectivity index (χ4n) is 2.27. The number of rotatable bonds is 6. The predicted molar refractivity (Wildman–Crippen MR) is 85.8 cm³/mol. The molecule has 1 aromatic heterocycles. The second kappa shape index (κ2) is 7.61. The smallest absolute Gasteiger partial charge is 0.265 e. The first kappa shape index (κ1) is 16.0. The first-order valence-electron chi connectivity index (χ1n) is 7.49. The maximum atomic E-state index is 12.1. The van der Waals surface area contributed by atoms with Crippen LogP contribution in [0, 0.1) is 0 Å². The van der Waals surface area contributed by atoms with E-state index in [1.54, 1.807) is 0 Å². The number of nitrogens with one attached hydrogen (secondary N) is 2. The lowest BCUT2D eigenvalue weighted by Gasteiger charge is -2.22.